The van der Waals surface area contributed by atoms with Crippen molar-refractivity contribution in [2.24, 2.45) is 0 Å². The van der Waals surface area contributed by atoms with E-state index in [2.05, 4.69) is 30.8 Å². The predicted octanol–water partition coefficient (Wildman–Crippen LogP) is -2.18. The fourth-order valence-electron chi connectivity index (χ4n) is 5.36. The van der Waals surface area contributed by atoms with E-state index in [0.717, 1.165) is 12.4 Å². The Morgan fingerprint density at radius 3 is 2.35 bits per heavy atom. The second-order valence-electron chi connectivity index (χ2n) is 11.1. The Balaban J connectivity index is 1.66. The van der Waals surface area contributed by atoms with Gasteiger partial charge in [-0.15, -0.1) is 11.4 Å². The van der Waals surface area contributed by atoms with Crippen LogP contribution < -0.4 is 10.2 Å². The second kappa shape index (κ2) is 11.4. The van der Waals surface area contributed by atoms with E-state index in [9.17, 15) is 15.3 Å². The molecule has 11 nitrogen and oxygen atoms in total. The van der Waals surface area contributed by atoms with Crippen molar-refractivity contribution in [3.05, 3.63) is 72.0 Å². The topological polar surface area (TPSA) is 149 Å². The van der Waals surface area contributed by atoms with E-state index in [1.54, 1.807) is 0 Å². The summed E-state index contributed by atoms with van der Waals surface area (Å²) in [5, 5.41) is 26.5. The number of fused-ring (bicyclic) bond motifs is 5. The Kier molecular flexibility index (Phi) is 8.03. The number of nitrogens with zero attached hydrogens (tertiary/aromatic N) is 6. The van der Waals surface area contributed by atoms with Gasteiger partial charge in [-0.1, -0.05) is 12.0 Å². The molecule has 0 aliphatic carbocycles. The molecule has 0 saturated carbocycles. The average molecular weight is 617 g/mol. The Labute approximate surface area is 284 Å². The molecule has 0 spiro atoms. The smallest absolute Gasteiger partial charge is 0.322 e. The van der Waals surface area contributed by atoms with Crippen LogP contribution in [0.2, 0.25) is 5.01 Å². The summed E-state index contributed by atoms with van der Waals surface area (Å²) in [6.07, 6.45) is 9.11. The first-order chi connectivity index (χ1) is 22.3. The molecule has 0 saturated heterocycles. The summed E-state index contributed by atoms with van der Waals surface area (Å²) in [5.74, 6) is 1.07. The summed E-state index contributed by atoms with van der Waals surface area (Å²) in [6.45, 7) is -1.42. The maximum Gasteiger partial charge on any atom is 0.322 e. The third-order valence-electron chi connectivity index (χ3n) is 7.30. The van der Waals surface area contributed by atoms with Gasteiger partial charge in [-0.2, -0.15) is 4.98 Å². The van der Waals surface area contributed by atoms with Crippen LogP contribution in [0.1, 0.15) is 17.1 Å². The molecule has 1 aliphatic rings. The standard InChI is InChI=1S/C27H12B9FN6O5/c1-2-12-8-14-13(9-39-12)20-18(11-3-4-16(15(37)7-11)47-23-38-6-5-17(42-23)24(28,29)44)19-21(25(30,45)46)40-10-41-22(19)43(20)27(34,35)48-36(14)26(31,32)33/h1,3-10,44-46H. The summed E-state index contributed by atoms with van der Waals surface area (Å²) in [5.41, 5.74) is -5.66. The van der Waals surface area contributed by atoms with E-state index in [1.807, 2.05) is 0 Å². The van der Waals surface area contributed by atoms with E-state index < -0.39 is 46.1 Å². The molecule has 3 N–H and O–H groups in total. The number of rotatable bonds is 6. The number of benzene rings is 1. The molecule has 6 rings (SSSR count). The van der Waals surface area contributed by atoms with Crippen LogP contribution in [0.3, 0.4) is 0 Å². The molecule has 16 radical (unpaired) electrons. The molecule has 1 aliphatic heterocycles. The van der Waals surface area contributed by atoms with Gasteiger partial charge in [0.05, 0.1) is 16.8 Å². The van der Waals surface area contributed by atoms with Gasteiger partial charge in [0.1, 0.15) is 54.7 Å². The largest absolute Gasteiger partial charge is 0.427 e. The van der Waals surface area contributed by atoms with Crippen molar-refractivity contribution in [1.29, 1.82) is 0 Å². The molecule has 5 heterocycles. The van der Waals surface area contributed by atoms with Crippen LogP contribution in [0.15, 0.2) is 49.1 Å². The molecule has 5 aromatic rings. The van der Waals surface area contributed by atoms with E-state index in [0.29, 0.717) is 0 Å². The molecular weight excluding hydrogens is 605 g/mol. The summed E-state index contributed by atoms with van der Waals surface area (Å²) in [6, 6.07) is 5.90. The fourth-order valence-corrected chi connectivity index (χ4v) is 5.36. The maximum atomic E-state index is 15.9. The Hall–Kier alpha value is -4.22. The SMILES string of the molecule is [B]C([B])([B])B1OC([B])([B])n2c(c(-c3ccc(Oc4nccc(C([B])([B])O)n4)c(F)c3)c3c(C([B])(O)O)ncnc32)-c2cnc(C#C)cc21. The van der Waals surface area contributed by atoms with Crippen LogP contribution in [0.25, 0.3) is 33.4 Å². The molecule has 0 bridgehead atoms. The van der Waals surface area contributed by atoms with Crippen LogP contribution in [0, 0.1) is 18.2 Å². The third kappa shape index (κ3) is 5.87. The maximum absolute atomic E-state index is 15.9. The number of ether oxygens (including phenoxy) is 1. The second-order valence-corrected chi connectivity index (χ2v) is 11.1. The van der Waals surface area contributed by atoms with Crippen LogP contribution in [0.5, 0.6) is 11.8 Å². The van der Waals surface area contributed by atoms with Gasteiger partial charge < -0.3 is 29.3 Å². The van der Waals surface area contributed by atoms with Crippen molar-refractivity contribution in [2.75, 3.05) is 0 Å². The van der Waals surface area contributed by atoms with Gasteiger partial charge in [0.2, 0.25) is 0 Å². The van der Waals surface area contributed by atoms with Crippen molar-refractivity contribution in [2.45, 2.75) is 21.6 Å². The van der Waals surface area contributed by atoms with E-state index in [-0.39, 0.29) is 56.0 Å². The van der Waals surface area contributed by atoms with Crippen LogP contribution in [-0.2, 0) is 21.3 Å². The van der Waals surface area contributed by atoms with Crippen molar-refractivity contribution in [3.8, 4) is 46.5 Å². The average Bonchev–Trinajstić information content (AvgIpc) is 3.30. The van der Waals surface area contributed by atoms with Gasteiger partial charge >= 0.3 is 12.9 Å². The van der Waals surface area contributed by atoms with Gasteiger partial charge in [0.15, 0.2) is 25.1 Å². The molecule has 0 atom stereocenters. The fraction of sp³-hybridized carbons (Fsp3) is 0.148. The number of hydrogen-bond acceptors (Lipinski definition) is 10. The molecular formula is C27H12B9FN6O5. The minimum absolute atomic E-state index is 0.0243. The van der Waals surface area contributed by atoms with Crippen LogP contribution >= 0.6 is 0 Å². The van der Waals surface area contributed by atoms with Crippen molar-refractivity contribution < 1.29 is 29.1 Å². The molecule has 0 fully saturated rings. The highest BCUT2D eigenvalue weighted by atomic mass is 19.1. The number of hydrogen-bond donors (Lipinski definition) is 3. The quantitative estimate of drug-likeness (QED) is 0.109. The van der Waals surface area contributed by atoms with Crippen molar-refractivity contribution >= 4 is 86.2 Å². The molecule has 1 aromatic carbocycles. The Morgan fingerprint density at radius 2 is 1.73 bits per heavy atom. The molecule has 4 aromatic heterocycles. The van der Waals surface area contributed by atoms with Gasteiger partial charge in [-0.05, 0) is 35.3 Å². The van der Waals surface area contributed by atoms with Gasteiger partial charge in [0, 0.05) is 58.0 Å². The zero-order valence-corrected chi connectivity index (χ0v) is 24.6. The van der Waals surface area contributed by atoms with E-state index in [4.69, 9.17) is 78.6 Å². The van der Waals surface area contributed by atoms with Crippen molar-refractivity contribution in [3.63, 3.8) is 0 Å². The first kappa shape index (κ1) is 33.7. The van der Waals surface area contributed by atoms with Gasteiger partial charge in [0.25, 0.3) is 0 Å². The summed E-state index contributed by atoms with van der Waals surface area (Å²) >= 11 is 0. The third-order valence-corrected chi connectivity index (χ3v) is 7.30. The minimum Gasteiger partial charge on any atom is -0.427 e. The Morgan fingerprint density at radius 1 is 1.00 bits per heavy atom. The molecule has 214 valence electrons. The van der Waals surface area contributed by atoms with Crippen molar-refractivity contribution in [1.82, 2.24) is 29.5 Å². The van der Waals surface area contributed by atoms with E-state index in [1.165, 1.54) is 41.2 Å². The lowest BCUT2D eigenvalue weighted by Crippen LogP contribution is -2.53. The number of terminal acetylenes is 1. The Bertz CT molecular complexity index is 2140. The molecule has 48 heavy (non-hydrogen) atoms. The zero-order chi connectivity index (χ0) is 35.0. The van der Waals surface area contributed by atoms with E-state index >= 15 is 4.39 Å². The number of pyridine rings is 1. The predicted molar refractivity (Wildman–Crippen MR) is 179 cm³/mol. The lowest BCUT2D eigenvalue weighted by Gasteiger charge is -2.37. The van der Waals surface area contributed by atoms with Crippen LogP contribution in [0.4, 0.5) is 4.39 Å². The van der Waals surface area contributed by atoms with Gasteiger partial charge in [-0.25, -0.2) is 24.3 Å². The highest BCUT2D eigenvalue weighted by molar-refractivity contribution is 6.94. The summed E-state index contributed by atoms with van der Waals surface area (Å²) < 4.78 is 28.6. The molecule has 0 unspecified atom stereocenters. The normalized spacial score (nSPS) is 14.5. The minimum atomic E-state index is -3.05. The lowest BCUT2D eigenvalue weighted by molar-refractivity contribution is -0.0931. The molecule has 0 amide bonds. The lowest BCUT2D eigenvalue weighted by atomic mass is 9.19. The highest BCUT2D eigenvalue weighted by Crippen LogP contribution is 2.47. The zero-order valence-electron chi connectivity index (χ0n) is 24.6. The van der Waals surface area contributed by atoms with Gasteiger partial charge in [-0.3, -0.25) is 0 Å². The first-order valence-corrected chi connectivity index (χ1v) is 13.7. The van der Waals surface area contributed by atoms with Crippen LogP contribution in [-0.4, -0.2) is 114 Å². The molecule has 21 heteroatoms. The monoisotopic (exact) mass is 618 g/mol. The summed E-state index contributed by atoms with van der Waals surface area (Å²) in [7, 11) is 48.1. The number of halogens is 1. The number of aliphatic hydroxyl groups is 3. The number of aromatic nitrogens is 6. The highest BCUT2D eigenvalue weighted by Gasteiger charge is 2.44. The summed E-state index contributed by atoms with van der Waals surface area (Å²) in [4.78, 5) is 20.3. The first-order valence-electron chi connectivity index (χ1n) is 13.7.